The molecule has 0 spiro atoms. The van der Waals surface area contributed by atoms with E-state index < -0.39 is 78.2 Å². The summed E-state index contributed by atoms with van der Waals surface area (Å²) in [5.74, 6) is -4.35. The Bertz CT molecular complexity index is 1540. The SMILES string of the molecule is CC(=O)O.C[C@H](N)C(=O)N[C@@H](Cc1ccc(O)cc1)C(=O)N1CCC[C@H]1C(=O)NCC(=O)N[C@@H](CCCCN)C(=O)N[C@@H](Cc1ccccc1)C(N)=O. The topological polar surface area (TPSA) is 289 Å². The molecule has 1 saturated heterocycles. The van der Waals surface area contributed by atoms with Gasteiger partial charge >= 0.3 is 0 Å². The first-order valence-electron chi connectivity index (χ1n) is 17.4. The van der Waals surface area contributed by atoms with Crippen molar-refractivity contribution in [3.8, 4) is 5.75 Å². The molecule has 2 aromatic carbocycles. The summed E-state index contributed by atoms with van der Waals surface area (Å²) in [5, 5.41) is 27.5. The predicted octanol–water partition coefficient (Wildman–Crippen LogP) is -1.21. The van der Waals surface area contributed by atoms with Crippen LogP contribution in [0.2, 0.25) is 0 Å². The molecule has 2 aromatic rings. The number of carbonyl (C=O) groups is 7. The number of carbonyl (C=O) groups excluding carboxylic acids is 6. The highest BCUT2D eigenvalue weighted by Crippen LogP contribution is 2.20. The quantitative estimate of drug-likeness (QED) is 0.0818. The number of aliphatic carboxylic acids is 1. The number of phenols is 1. The molecule has 0 radical (unpaired) electrons. The zero-order valence-electron chi connectivity index (χ0n) is 30.1. The molecule has 1 heterocycles. The summed E-state index contributed by atoms with van der Waals surface area (Å²) >= 11 is 0. The number of hydrogen-bond donors (Lipinski definition) is 9. The Morgan fingerprint density at radius 1 is 0.849 bits per heavy atom. The van der Waals surface area contributed by atoms with Gasteiger partial charge in [0.25, 0.3) is 5.97 Å². The molecule has 17 heteroatoms. The second-order valence-corrected chi connectivity index (χ2v) is 12.7. The number of nitrogens with zero attached hydrogens (tertiary/aromatic N) is 1. The van der Waals surface area contributed by atoms with Crippen LogP contribution in [0.4, 0.5) is 0 Å². The molecule has 0 aliphatic carbocycles. The minimum absolute atomic E-state index is 0.0481. The molecule has 53 heavy (non-hydrogen) atoms. The summed E-state index contributed by atoms with van der Waals surface area (Å²) in [6, 6.07) is 10.4. The predicted molar refractivity (Wildman–Crippen MR) is 195 cm³/mol. The minimum Gasteiger partial charge on any atom is -0.508 e. The second-order valence-electron chi connectivity index (χ2n) is 12.7. The number of rotatable bonds is 18. The lowest BCUT2D eigenvalue weighted by molar-refractivity contribution is -0.141. The van der Waals surface area contributed by atoms with Crippen LogP contribution in [-0.2, 0) is 46.4 Å². The molecule has 1 aliphatic heterocycles. The van der Waals surface area contributed by atoms with Crippen LogP contribution in [-0.4, -0.2) is 106 Å². The summed E-state index contributed by atoms with van der Waals surface area (Å²) in [4.78, 5) is 88.2. The van der Waals surface area contributed by atoms with Gasteiger partial charge in [-0.3, -0.25) is 33.6 Å². The van der Waals surface area contributed by atoms with Crippen molar-refractivity contribution in [2.24, 2.45) is 17.2 Å². The molecule has 0 aromatic heterocycles. The second kappa shape index (κ2) is 22.4. The Hall–Kier alpha value is -5.55. The van der Waals surface area contributed by atoms with Gasteiger partial charge < -0.3 is 53.6 Å². The number of hydrogen-bond acceptors (Lipinski definition) is 10. The number of primary amides is 1. The van der Waals surface area contributed by atoms with Crippen LogP contribution in [0.3, 0.4) is 0 Å². The van der Waals surface area contributed by atoms with Gasteiger partial charge in [0.1, 0.15) is 29.9 Å². The normalized spacial score (nSPS) is 15.7. The highest BCUT2D eigenvalue weighted by atomic mass is 16.4. The number of likely N-dealkylation sites (tertiary alicyclic amines) is 1. The van der Waals surface area contributed by atoms with Crippen molar-refractivity contribution < 1.29 is 43.8 Å². The third-order valence-electron chi connectivity index (χ3n) is 8.21. The van der Waals surface area contributed by atoms with E-state index in [9.17, 15) is 33.9 Å². The molecule has 290 valence electrons. The Balaban J connectivity index is 0.00000231. The van der Waals surface area contributed by atoms with Crippen molar-refractivity contribution in [3.63, 3.8) is 0 Å². The minimum atomic E-state index is -1.03. The summed E-state index contributed by atoms with van der Waals surface area (Å²) in [5.41, 5.74) is 18.4. The Morgan fingerprint density at radius 2 is 1.43 bits per heavy atom. The Labute approximate surface area is 308 Å². The molecule has 6 amide bonds. The van der Waals surface area contributed by atoms with Crippen LogP contribution in [0.1, 0.15) is 57.1 Å². The average Bonchev–Trinajstić information content (AvgIpc) is 3.60. The molecule has 1 fully saturated rings. The molecule has 0 unspecified atom stereocenters. The van der Waals surface area contributed by atoms with Crippen molar-refractivity contribution in [1.82, 2.24) is 26.2 Å². The largest absolute Gasteiger partial charge is 0.508 e. The van der Waals surface area contributed by atoms with E-state index in [0.717, 1.165) is 12.5 Å². The monoisotopic (exact) mass is 740 g/mol. The van der Waals surface area contributed by atoms with E-state index >= 15 is 0 Å². The lowest BCUT2D eigenvalue weighted by Crippen LogP contribution is -2.57. The zero-order chi connectivity index (χ0) is 39.5. The molecule has 0 bridgehead atoms. The Morgan fingerprint density at radius 3 is 2.02 bits per heavy atom. The maximum atomic E-state index is 13.7. The fourth-order valence-corrected chi connectivity index (χ4v) is 5.51. The van der Waals surface area contributed by atoms with Crippen LogP contribution in [0, 0.1) is 0 Å². The summed E-state index contributed by atoms with van der Waals surface area (Å²) in [6.07, 6.45) is 2.49. The zero-order valence-corrected chi connectivity index (χ0v) is 30.1. The van der Waals surface area contributed by atoms with Gasteiger partial charge in [-0.05, 0) is 68.8 Å². The van der Waals surface area contributed by atoms with Crippen molar-refractivity contribution in [3.05, 3.63) is 65.7 Å². The fourth-order valence-electron chi connectivity index (χ4n) is 5.51. The van der Waals surface area contributed by atoms with Crippen LogP contribution in [0.5, 0.6) is 5.75 Å². The summed E-state index contributed by atoms with van der Waals surface area (Å²) in [7, 11) is 0. The summed E-state index contributed by atoms with van der Waals surface area (Å²) in [6.45, 7) is 2.75. The molecule has 17 nitrogen and oxygen atoms in total. The van der Waals surface area contributed by atoms with Crippen LogP contribution in [0.25, 0.3) is 0 Å². The van der Waals surface area contributed by atoms with Crippen molar-refractivity contribution in [1.29, 1.82) is 0 Å². The average molecular weight is 741 g/mol. The number of benzene rings is 2. The molecule has 5 atom stereocenters. The molecule has 1 aliphatic rings. The number of unbranched alkanes of at least 4 members (excludes halogenated alkanes) is 1. The van der Waals surface area contributed by atoms with Gasteiger partial charge in [0.05, 0.1) is 12.6 Å². The van der Waals surface area contributed by atoms with Gasteiger partial charge in [-0.25, -0.2) is 0 Å². The maximum Gasteiger partial charge on any atom is 0.300 e. The van der Waals surface area contributed by atoms with E-state index in [1.165, 1.54) is 24.0 Å². The van der Waals surface area contributed by atoms with Gasteiger partial charge in [0.15, 0.2) is 0 Å². The first-order valence-corrected chi connectivity index (χ1v) is 17.4. The van der Waals surface area contributed by atoms with Crippen molar-refractivity contribution >= 4 is 41.4 Å². The summed E-state index contributed by atoms with van der Waals surface area (Å²) < 4.78 is 0. The van der Waals surface area contributed by atoms with Crippen LogP contribution >= 0.6 is 0 Å². The lowest BCUT2D eigenvalue weighted by atomic mass is 10.0. The number of nitrogens with two attached hydrogens (primary N) is 3. The smallest absolute Gasteiger partial charge is 0.300 e. The fraction of sp³-hybridized carbons (Fsp3) is 0.472. The van der Waals surface area contributed by atoms with Gasteiger partial charge in [0.2, 0.25) is 35.4 Å². The number of phenolic OH excluding ortho intramolecular Hbond substituents is 1. The lowest BCUT2D eigenvalue weighted by Gasteiger charge is -2.29. The van der Waals surface area contributed by atoms with Gasteiger partial charge in [-0.15, -0.1) is 0 Å². The highest BCUT2D eigenvalue weighted by Gasteiger charge is 2.38. The number of nitrogens with one attached hydrogen (secondary N) is 4. The molecule has 12 N–H and O–H groups in total. The van der Waals surface area contributed by atoms with E-state index in [4.69, 9.17) is 27.1 Å². The molecular formula is C36H52N8O9. The van der Waals surface area contributed by atoms with Crippen molar-refractivity contribution in [2.75, 3.05) is 19.6 Å². The van der Waals surface area contributed by atoms with E-state index in [2.05, 4.69) is 21.3 Å². The van der Waals surface area contributed by atoms with Crippen LogP contribution < -0.4 is 38.5 Å². The standard InChI is InChI=1S/C34H48N8O7.C2H4O2/c1-21(36)31(46)41-27(19-23-12-14-24(43)15-13-23)34(49)42-17-7-11-28(42)33(48)38-20-29(44)39-25(10-5-6-16-35)32(47)40-26(30(37)45)18-22-8-3-2-4-9-22;1-2(3)4/h2-4,8-9,12-15,21,25-28,43H,5-7,10-11,16-20,35-36H2,1H3,(H2,37,45)(H,38,48)(H,39,44)(H,40,47)(H,41,46);1H3,(H,3,4)/t21-,25-,26-,27-,28-;/m0./s1. The third-order valence-corrected chi connectivity index (χ3v) is 8.21. The molecule has 0 saturated carbocycles. The van der Waals surface area contributed by atoms with Gasteiger partial charge in [-0.1, -0.05) is 42.5 Å². The molecule has 3 rings (SSSR count). The van der Waals surface area contributed by atoms with Crippen LogP contribution in [0.15, 0.2) is 54.6 Å². The number of carboxylic acids is 1. The van der Waals surface area contributed by atoms with Crippen molar-refractivity contribution in [2.45, 2.75) is 89.0 Å². The van der Waals surface area contributed by atoms with E-state index in [1.54, 1.807) is 36.4 Å². The maximum absolute atomic E-state index is 13.7. The van der Waals surface area contributed by atoms with E-state index in [1.807, 2.05) is 6.07 Å². The number of amides is 6. The molecular weight excluding hydrogens is 688 g/mol. The highest BCUT2D eigenvalue weighted by molar-refractivity contribution is 5.96. The third kappa shape index (κ3) is 15.7. The number of carboxylic acid groups (broad SMARTS) is 1. The number of aromatic hydroxyl groups is 1. The van der Waals surface area contributed by atoms with Gasteiger partial charge in [0, 0.05) is 26.3 Å². The first-order chi connectivity index (χ1) is 25.1. The Kier molecular flexibility index (Phi) is 18.4. The van der Waals surface area contributed by atoms with E-state index in [0.29, 0.717) is 37.8 Å². The first kappa shape index (κ1) is 43.6. The van der Waals surface area contributed by atoms with E-state index in [-0.39, 0.29) is 31.6 Å². The van der Waals surface area contributed by atoms with Gasteiger partial charge in [-0.2, -0.15) is 0 Å².